The summed E-state index contributed by atoms with van der Waals surface area (Å²) < 4.78 is 36.5. The molecule has 47 heavy (non-hydrogen) atoms. The van der Waals surface area contributed by atoms with Gasteiger partial charge >= 0.3 is 17.9 Å². The van der Waals surface area contributed by atoms with E-state index in [9.17, 15) is 24.0 Å². The van der Waals surface area contributed by atoms with E-state index < -0.39 is 82.2 Å². The smallest absolute Gasteiger partial charge is 0.331 e. The van der Waals surface area contributed by atoms with Gasteiger partial charge in [-0.1, -0.05) is 43.8 Å². The maximum atomic E-state index is 14.9. The highest BCUT2D eigenvalue weighted by Crippen LogP contribution is 2.68. The van der Waals surface area contributed by atoms with Gasteiger partial charge in [0.05, 0.1) is 24.4 Å². The third-order valence-electron chi connectivity index (χ3n) is 10.5. The number of hydrogen-bond acceptors (Lipinski definition) is 11. The molecule has 1 aromatic carbocycles. The number of Topliss-reactive ketones (excluding diaryl/α,β-unsaturated/α-hetero) is 1. The summed E-state index contributed by atoms with van der Waals surface area (Å²) in [5.74, 6) is -3.43. The Hall–Kier alpha value is -4.35. The highest BCUT2D eigenvalue weighted by molar-refractivity contribution is 5.95. The van der Waals surface area contributed by atoms with E-state index in [0.29, 0.717) is 17.4 Å². The highest BCUT2D eigenvalue weighted by Gasteiger charge is 2.75. The SMILES string of the molecule is C=C1C2CC3(C)C(c4ccoc4)OC(=O)CC13OC1C(OC(C)=O)C(OC(=O)C=Cc3ccccc3)C(C)(C)OC(C=O)C1(C)C2=O. The molecule has 1 aliphatic carbocycles. The Labute approximate surface area is 272 Å². The minimum absolute atomic E-state index is 0.187. The molecule has 4 aliphatic rings. The maximum Gasteiger partial charge on any atom is 0.331 e. The normalized spacial score (nSPS) is 37.6. The van der Waals surface area contributed by atoms with Crippen molar-refractivity contribution in [3.63, 3.8) is 0 Å². The lowest BCUT2D eigenvalue weighted by atomic mass is 9.64. The van der Waals surface area contributed by atoms with Crippen LogP contribution in [0.25, 0.3) is 6.08 Å². The number of furan rings is 1. The van der Waals surface area contributed by atoms with Crippen LogP contribution in [0.1, 0.15) is 64.7 Å². The molecule has 2 bridgehead atoms. The van der Waals surface area contributed by atoms with Crippen molar-refractivity contribution < 1.29 is 52.1 Å². The van der Waals surface area contributed by atoms with E-state index in [1.54, 1.807) is 38.1 Å². The van der Waals surface area contributed by atoms with Gasteiger partial charge in [-0.15, -0.1) is 0 Å². The number of carbonyl (C=O) groups is 5. The van der Waals surface area contributed by atoms with Crippen molar-refractivity contribution >= 4 is 36.1 Å². The first-order valence-electron chi connectivity index (χ1n) is 15.5. The van der Waals surface area contributed by atoms with E-state index in [0.717, 1.165) is 5.56 Å². The summed E-state index contributed by atoms with van der Waals surface area (Å²) in [4.78, 5) is 67.3. The molecule has 4 fully saturated rings. The summed E-state index contributed by atoms with van der Waals surface area (Å²) in [6.07, 6.45) is -0.397. The van der Waals surface area contributed by atoms with Crippen molar-refractivity contribution in [3.05, 3.63) is 78.3 Å². The van der Waals surface area contributed by atoms with Crippen LogP contribution in [0, 0.1) is 16.7 Å². The molecule has 6 rings (SSSR count). The lowest BCUT2D eigenvalue weighted by molar-refractivity contribution is -0.254. The molecule has 4 heterocycles. The van der Waals surface area contributed by atoms with Crippen molar-refractivity contribution in [1.29, 1.82) is 0 Å². The van der Waals surface area contributed by atoms with Gasteiger partial charge in [0.2, 0.25) is 0 Å². The average molecular weight is 647 g/mol. The number of hydrogen-bond donors (Lipinski definition) is 0. The lowest BCUT2D eigenvalue weighted by Crippen LogP contribution is -2.64. The zero-order valence-electron chi connectivity index (χ0n) is 26.9. The summed E-state index contributed by atoms with van der Waals surface area (Å²) in [7, 11) is 0. The Balaban J connectivity index is 1.50. The van der Waals surface area contributed by atoms with Crippen molar-refractivity contribution in [2.45, 2.75) is 89.2 Å². The first-order chi connectivity index (χ1) is 22.2. The van der Waals surface area contributed by atoms with Gasteiger partial charge < -0.3 is 32.9 Å². The molecule has 9 atom stereocenters. The number of aldehydes is 1. The molecule has 1 aromatic heterocycles. The predicted octanol–water partition coefficient (Wildman–Crippen LogP) is 4.50. The molecule has 11 nitrogen and oxygen atoms in total. The predicted molar refractivity (Wildman–Crippen MR) is 164 cm³/mol. The molecule has 2 aromatic rings. The van der Waals surface area contributed by atoms with Crippen LogP contribution >= 0.6 is 0 Å². The van der Waals surface area contributed by atoms with Crippen LogP contribution in [0.3, 0.4) is 0 Å². The Kier molecular flexibility index (Phi) is 7.91. The van der Waals surface area contributed by atoms with Gasteiger partial charge in [-0.3, -0.25) is 14.4 Å². The van der Waals surface area contributed by atoms with Gasteiger partial charge in [-0.05, 0) is 50.5 Å². The number of benzene rings is 1. The number of rotatable bonds is 6. The molecule has 248 valence electrons. The lowest BCUT2D eigenvalue weighted by Gasteiger charge is -2.54. The molecule has 0 radical (unpaired) electrons. The summed E-state index contributed by atoms with van der Waals surface area (Å²) in [5, 5.41) is 0. The van der Waals surface area contributed by atoms with E-state index in [-0.39, 0.29) is 12.8 Å². The van der Waals surface area contributed by atoms with Gasteiger partial charge in [0.25, 0.3) is 0 Å². The van der Waals surface area contributed by atoms with Crippen molar-refractivity contribution in [1.82, 2.24) is 0 Å². The van der Waals surface area contributed by atoms with Crippen LogP contribution in [0.5, 0.6) is 0 Å². The van der Waals surface area contributed by atoms with Gasteiger partial charge in [0.15, 0.2) is 18.0 Å². The fraction of sp³-hybridized carbons (Fsp3) is 0.472. The van der Waals surface area contributed by atoms with Crippen LogP contribution < -0.4 is 0 Å². The van der Waals surface area contributed by atoms with E-state index in [1.807, 2.05) is 25.1 Å². The number of ether oxygens (including phenoxy) is 5. The third kappa shape index (κ3) is 4.98. The Morgan fingerprint density at radius 3 is 2.38 bits per heavy atom. The fourth-order valence-corrected chi connectivity index (χ4v) is 8.09. The average Bonchev–Trinajstić information content (AvgIpc) is 3.61. The fourth-order valence-electron chi connectivity index (χ4n) is 8.09. The number of cyclic esters (lactones) is 1. The van der Waals surface area contributed by atoms with Crippen molar-refractivity contribution in [2.24, 2.45) is 16.7 Å². The highest BCUT2D eigenvalue weighted by atomic mass is 16.6. The molecule has 1 saturated carbocycles. The Morgan fingerprint density at radius 1 is 1.02 bits per heavy atom. The van der Waals surface area contributed by atoms with E-state index >= 15 is 0 Å². The zero-order valence-corrected chi connectivity index (χ0v) is 26.9. The largest absolute Gasteiger partial charge is 0.472 e. The molecule has 3 aliphatic heterocycles. The number of carbonyl (C=O) groups excluding carboxylic acids is 5. The Morgan fingerprint density at radius 2 is 1.74 bits per heavy atom. The summed E-state index contributed by atoms with van der Waals surface area (Å²) in [6, 6.07) is 10.8. The second-order valence-electron chi connectivity index (χ2n) is 13.8. The molecule has 3 saturated heterocycles. The van der Waals surface area contributed by atoms with Gasteiger partial charge in [-0.25, -0.2) is 4.79 Å². The standard InChI is InChI=1S/C36H38O11/c1-20-24-16-34(5)30(23-14-15-42-19-23)45-27(40)17-36(20,34)47-32-28(43-21(2)38)31(44-26(39)13-12-22-10-8-7-9-11-22)33(3,4)46-25(18-37)35(32,6)29(24)41/h7-15,18-19,24-25,28,30-32H,1,16-17H2,2-6H3. The maximum absolute atomic E-state index is 14.9. The molecular formula is C36H38O11. The zero-order chi connectivity index (χ0) is 33.9. The van der Waals surface area contributed by atoms with Crippen molar-refractivity contribution in [3.8, 4) is 0 Å². The minimum Gasteiger partial charge on any atom is -0.472 e. The van der Waals surface area contributed by atoms with Crippen LogP contribution in [0.4, 0.5) is 0 Å². The monoisotopic (exact) mass is 646 g/mol. The summed E-state index contributed by atoms with van der Waals surface area (Å²) in [6.45, 7) is 12.0. The van der Waals surface area contributed by atoms with E-state index in [1.165, 1.54) is 32.4 Å². The van der Waals surface area contributed by atoms with Crippen molar-refractivity contribution in [2.75, 3.05) is 0 Å². The van der Waals surface area contributed by atoms with Crippen LogP contribution in [-0.2, 0) is 47.7 Å². The van der Waals surface area contributed by atoms with Crippen LogP contribution in [-0.4, -0.2) is 65.6 Å². The molecular weight excluding hydrogens is 608 g/mol. The number of fused-ring (bicyclic) bond motifs is 2. The molecule has 0 amide bonds. The van der Waals surface area contributed by atoms with E-state index in [2.05, 4.69) is 6.58 Å². The second kappa shape index (κ2) is 11.4. The first-order valence-corrected chi connectivity index (χ1v) is 15.5. The first kappa shape index (κ1) is 32.6. The third-order valence-corrected chi connectivity index (χ3v) is 10.5. The molecule has 1 spiro atoms. The molecule has 9 unspecified atom stereocenters. The Bertz CT molecular complexity index is 1640. The number of ketones is 1. The summed E-state index contributed by atoms with van der Waals surface area (Å²) in [5.41, 5.74) is -4.10. The van der Waals surface area contributed by atoms with E-state index in [4.69, 9.17) is 28.1 Å². The number of esters is 3. The van der Waals surface area contributed by atoms with Gasteiger partial charge in [-0.2, -0.15) is 0 Å². The van der Waals surface area contributed by atoms with Gasteiger partial charge in [0, 0.05) is 29.9 Å². The summed E-state index contributed by atoms with van der Waals surface area (Å²) >= 11 is 0. The molecule has 0 N–H and O–H groups in total. The second-order valence-corrected chi connectivity index (χ2v) is 13.8. The quantitative estimate of drug-likeness (QED) is 0.144. The van der Waals surface area contributed by atoms with Crippen LogP contribution in [0.2, 0.25) is 0 Å². The molecule has 11 heteroatoms. The van der Waals surface area contributed by atoms with Gasteiger partial charge in [0.1, 0.15) is 35.8 Å². The minimum atomic E-state index is -1.76. The van der Waals surface area contributed by atoms with Crippen LogP contribution in [0.15, 0.2) is 71.6 Å². The topological polar surface area (TPSA) is 145 Å².